The number of rotatable bonds is 10. The second kappa shape index (κ2) is 17.9. The number of nitrogens with zero attached hydrogens (tertiary/aromatic N) is 6. The smallest absolute Gasteiger partial charge is 0.408 e. The summed E-state index contributed by atoms with van der Waals surface area (Å²) < 4.78 is 20.5. The van der Waals surface area contributed by atoms with E-state index in [9.17, 15) is 23.6 Å². The molecule has 0 bridgehead atoms. The molecular weight excluding hydrogens is 799 g/mol. The molecule has 6 heterocycles. The molecule has 2 N–H and O–H groups in total. The third-order valence-corrected chi connectivity index (χ3v) is 13.3. The fourth-order valence-electron chi connectivity index (χ4n) is 9.55. The van der Waals surface area contributed by atoms with Gasteiger partial charge in [-0.3, -0.25) is 29.2 Å². The minimum Gasteiger partial charge on any atom is -0.408 e. The molecule has 13 nitrogen and oxygen atoms in total. The van der Waals surface area contributed by atoms with Gasteiger partial charge in [-0.15, -0.1) is 0 Å². The molecule has 15 heteroatoms. The van der Waals surface area contributed by atoms with E-state index in [1.807, 2.05) is 47.4 Å². The normalized spacial score (nSPS) is 20.3. The fourth-order valence-corrected chi connectivity index (χ4v) is 9.75. The summed E-state index contributed by atoms with van der Waals surface area (Å²) >= 11 is 6.57. The van der Waals surface area contributed by atoms with Gasteiger partial charge in [0.25, 0.3) is 0 Å². The molecule has 9 rings (SSSR count). The predicted molar refractivity (Wildman–Crippen MR) is 231 cm³/mol. The second-order valence-electron chi connectivity index (χ2n) is 17.0. The van der Waals surface area contributed by atoms with E-state index in [1.165, 1.54) is 16.7 Å². The summed E-state index contributed by atoms with van der Waals surface area (Å²) in [5, 5.41) is 6.25. The van der Waals surface area contributed by atoms with Crippen LogP contribution in [0.1, 0.15) is 68.9 Å². The van der Waals surface area contributed by atoms with Crippen LogP contribution in [-0.4, -0.2) is 105 Å². The number of carbonyl (C=O) groups is 3. The molecular formula is C46H50ClFN8O5. The van der Waals surface area contributed by atoms with Gasteiger partial charge in [0.2, 0.25) is 23.7 Å². The Balaban J connectivity index is 0.700. The lowest BCUT2D eigenvalue weighted by Gasteiger charge is -2.38. The molecule has 0 saturated carbocycles. The van der Waals surface area contributed by atoms with Crippen LogP contribution in [0, 0.1) is 11.7 Å². The van der Waals surface area contributed by atoms with E-state index in [0.29, 0.717) is 59.2 Å². The van der Waals surface area contributed by atoms with Gasteiger partial charge in [0.1, 0.15) is 11.9 Å². The number of oxazole rings is 1. The summed E-state index contributed by atoms with van der Waals surface area (Å²) in [5.74, 6) is 0.0157. The molecule has 4 aliphatic rings. The highest BCUT2D eigenvalue weighted by Crippen LogP contribution is 2.34. The van der Waals surface area contributed by atoms with Crippen molar-refractivity contribution in [1.29, 1.82) is 0 Å². The zero-order chi connectivity index (χ0) is 42.0. The second-order valence-corrected chi connectivity index (χ2v) is 17.4. The third kappa shape index (κ3) is 9.26. The van der Waals surface area contributed by atoms with E-state index >= 15 is 0 Å². The van der Waals surface area contributed by atoms with Gasteiger partial charge in [-0.25, -0.2) is 19.2 Å². The lowest BCUT2D eigenvalue weighted by Crippen LogP contribution is -2.48. The van der Waals surface area contributed by atoms with Crippen molar-refractivity contribution in [2.24, 2.45) is 5.92 Å². The molecule has 1 unspecified atom stereocenters. The number of halogens is 2. The van der Waals surface area contributed by atoms with Crippen LogP contribution in [0.2, 0.25) is 5.02 Å². The SMILES string of the molecule is O=C1CCC(n2c(=O)oc3cc(C4CCN(CC5CCN(CC(=O)N6CCC(Nc7ncc(Cl)c(-c8cccc(-c9ccc(F)cc9)c8)n7)CC6)CC5)CC4)ccc32)C(=O)N1. The fraction of sp³-hybridized carbons (Fsp3) is 0.435. The molecule has 4 saturated heterocycles. The molecule has 4 fully saturated rings. The van der Waals surface area contributed by atoms with Gasteiger partial charge in [0, 0.05) is 37.7 Å². The molecule has 0 radical (unpaired) electrons. The Kier molecular flexibility index (Phi) is 12.0. The lowest BCUT2D eigenvalue weighted by atomic mass is 9.88. The number of carbonyl (C=O) groups excluding carboxylic acids is 3. The van der Waals surface area contributed by atoms with Crippen molar-refractivity contribution in [2.75, 3.05) is 57.7 Å². The van der Waals surface area contributed by atoms with Gasteiger partial charge in [-0.1, -0.05) is 48.0 Å². The first-order valence-corrected chi connectivity index (χ1v) is 21.9. The molecule has 0 aliphatic carbocycles. The molecule has 5 aromatic rings. The van der Waals surface area contributed by atoms with Crippen molar-refractivity contribution >= 4 is 46.4 Å². The Hall–Kier alpha value is -5.44. The summed E-state index contributed by atoms with van der Waals surface area (Å²) in [6.45, 7) is 6.75. The molecule has 4 aliphatic heterocycles. The number of anilines is 1. The number of benzene rings is 3. The van der Waals surface area contributed by atoms with Gasteiger partial charge < -0.3 is 19.5 Å². The maximum absolute atomic E-state index is 13.5. The maximum atomic E-state index is 13.5. The third-order valence-electron chi connectivity index (χ3n) is 13.0. The number of fused-ring (bicyclic) bond motifs is 1. The van der Waals surface area contributed by atoms with E-state index in [0.717, 1.165) is 93.5 Å². The molecule has 3 amide bonds. The van der Waals surface area contributed by atoms with Gasteiger partial charge in [-0.05, 0) is 130 Å². The Labute approximate surface area is 358 Å². The number of hydrogen-bond donors (Lipinski definition) is 2. The Morgan fingerprint density at radius 3 is 2.33 bits per heavy atom. The number of likely N-dealkylation sites (tertiary alicyclic amines) is 3. The predicted octanol–water partition coefficient (Wildman–Crippen LogP) is 6.48. The number of amides is 3. The largest absolute Gasteiger partial charge is 0.420 e. The van der Waals surface area contributed by atoms with Crippen LogP contribution < -0.4 is 16.4 Å². The first-order chi connectivity index (χ1) is 29.6. The number of nitrogens with one attached hydrogen (secondary N) is 2. The Morgan fingerprint density at radius 2 is 1.57 bits per heavy atom. The van der Waals surface area contributed by atoms with Gasteiger partial charge >= 0.3 is 5.76 Å². The van der Waals surface area contributed by atoms with Crippen LogP contribution in [0.3, 0.4) is 0 Å². The maximum Gasteiger partial charge on any atom is 0.420 e. The average molecular weight is 849 g/mol. The first-order valence-electron chi connectivity index (χ1n) is 21.5. The highest BCUT2D eigenvalue weighted by atomic mass is 35.5. The first kappa shape index (κ1) is 40.9. The van der Waals surface area contributed by atoms with Crippen LogP contribution in [0.25, 0.3) is 33.5 Å². The average Bonchev–Trinajstić information content (AvgIpc) is 3.60. The topological polar surface area (TPSA) is 146 Å². The number of imide groups is 1. The molecule has 3 aromatic carbocycles. The monoisotopic (exact) mass is 848 g/mol. The van der Waals surface area contributed by atoms with E-state index in [4.69, 9.17) is 21.0 Å². The Bertz CT molecular complexity index is 2470. The standard InChI is InChI=1S/C46H50ClFN8O5/c47-37-26-49-45(52-43(37)34-3-1-2-32(24-34)30-4-7-35(48)8-5-30)50-36-16-22-55(23-17-36)42(58)28-54-18-12-29(13-19-54)27-53-20-14-31(15-21-53)33-6-9-38-40(25-33)61-46(60)56(38)39-10-11-41(57)51-44(39)59/h1-9,24-26,29,31,36,39H,10-23,27-28H2,(H,49,50,52)(H,51,57,59). The van der Waals surface area contributed by atoms with Crippen molar-refractivity contribution in [2.45, 2.75) is 69.4 Å². The highest BCUT2D eigenvalue weighted by molar-refractivity contribution is 6.33. The minimum absolute atomic E-state index is 0.135. The molecule has 61 heavy (non-hydrogen) atoms. The summed E-state index contributed by atoms with van der Waals surface area (Å²) in [4.78, 5) is 66.4. The lowest BCUT2D eigenvalue weighted by molar-refractivity contribution is -0.136. The molecule has 318 valence electrons. The number of hydrogen-bond acceptors (Lipinski definition) is 10. The van der Waals surface area contributed by atoms with Crippen LogP contribution in [0.5, 0.6) is 0 Å². The van der Waals surface area contributed by atoms with Crippen molar-refractivity contribution in [3.63, 3.8) is 0 Å². The van der Waals surface area contributed by atoms with Crippen molar-refractivity contribution in [3.8, 4) is 22.4 Å². The van der Waals surface area contributed by atoms with Crippen molar-refractivity contribution in [3.05, 3.63) is 99.9 Å². The van der Waals surface area contributed by atoms with Crippen LogP contribution in [0.4, 0.5) is 10.3 Å². The van der Waals surface area contributed by atoms with E-state index in [2.05, 4.69) is 25.4 Å². The number of piperidine rings is 4. The van der Waals surface area contributed by atoms with E-state index < -0.39 is 17.7 Å². The molecule has 0 spiro atoms. The Morgan fingerprint density at radius 1 is 0.836 bits per heavy atom. The van der Waals surface area contributed by atoms with Crippen LogP contribution in [-0.2, 0) is 14.4 Å². The summed E-state index contributed by atoms with van der Waals surface area (Å²) in [5.41, 5.74) is 5.50. The minimum atomic E-state index is -0.748. The molecule has 2 aromatic heterocycles. The van der Waals surface area contributed by atoms with Crippen LogP contribution >= 0.6 is 11.6 Å². The van der Waals surface area contributed by atoms with Gasteiger partial charge in [0.05, 0.1) is 29.0 Å². The van der Waals surface area contributed by atoms with Crippen molar-refractivity contribution < 1.29 is 23.2 Å². The number of aromatic nitrogens is 3. The summed E-state index contributed by atoms with van der Waals surface area (Å²) in [6, 6.07) is 19.5. The summed E-state index contributed by atoms with van der Waals surface area (Å²) in [7, 11) is 0. The van der Waals surface area contributed by atoms with Gasteiger partial charge in [0.15, 0.2) is 5.58 Å². The highest BCUT2D eigenvalue weighted by Gasteiger charge is 2.33. The zero-order valence-corrected chi connectivity index (χ0v) is 34.8. The molecule has 1 atom stereocenters. The quantitative estimate of drug-likeness (QED) is 0.150. The van der Waals surface area contributed by atoms with E-state index in [1.54, 1.807) is 18.3 Å². The van der Waals surface area contributed by atoms with Crippen molar-refractivity contribution in [1.82, 2.24) is 34.6 Å². The van der Waals surface area contributed by atoms with E-state index in [-0.39, 0.29) is 36.5 Å². The van der Waals surface area contributed by atoms with Gasteiger partial charge in [-0.2, -0.15) is 0 Å². The van der Waals surface area contributed by atoms with Crippen LogP contribution in [0.15, 0.2) is 82.1 Å². The summed E-state index contributed by atoms with van der Waals surface area (Å²) in [6.07, 6.45) is 7.89. The zero-order valence-electron chi connectivity index (χ0n) is 34.0.